The molecule has 9 nitrogen and oxygen atoms in total. The van der Waals surface area contributed by atoms with Crippen LogP contribution in [0.15, 0.2) is 59.4 Å². The molecule has 4 rings (SSSR count). The number of nitrogens with one attached hydrogen (secondary N) is 1. The highest BCUT2D eigenvalue weighted by atomic mass is 32.1. The summed E-state index contributed by atoms with van der Waals surface area (Å²) >= 11 is 1.33. The van der Waals surface area contributed by atoms with Crippen LogP contribution in [0.1, 0.15) is 58.1 Å². The number of benzene rings is 2. The molecule has 0 fully saturated rings. The van der Waals surface area contributed by atoms with Crippen molar-refractivity contribution in [2.24, 2.45) is 0 Å². The zero-order chi connectivity index (χ0) is 24.9. The second-order valence-corrected chi connectivity index (χ2v) is 8.93. The van der Waals surface area contributed by atoms with Gasteiger partial charge in [0.05, 0.1) is 17.9 Å². The van der Waals surface area contributed by atoms with Crippen LogP contribution < -0.4 is 15.6 Å². The molecule has 1 N–H and O–H groups in total. The summed E-state index contributed by atoms with van der Waals surface area (Å²) in [4.78, 5) is 42.0. The lowest BCUT2D eigenvalue weighted by Gasteiger charge is -2.08. The fourth-order valence-corrected chi connectivity index (χ4v) is 4.09. The van der Waals surface area contributed by atoms with E-state index in [0.29, 0.717) is 39.8 Å². The second-order valence-electron chi connectivity index (χ2n) is 7.94. The average Bonchev–Trinajstić information content (AvgIpc) is 3.29. The van der Waals surface area contributed by atoms with Crippen molar-refractivity contribution < 1.29 is 19.1 Å². The predicted molar refractivity (Wildman–Crippen MR) is 132 cm³/mol. The summed E-state index contributed by atoms with van der Waals surface area (Å²) in [6.45, 7) is 6.28. The number of anilines is 1. The molecule has 2 heterocycles. The smallest absolute Gasteiger partial charge is 0.338 e. The van der Waals surface area contributed by atoms with Crippen molar-refractivity contribution in [3.8, 4) is 5.75 Å². The number of hydrogen-bond donors (Lipinski definition) is 1. The second kappa shape index (κ2) is 10.5. The number of hydrogen-bond acceptors (Lipinski definition) is 8. The van der Waals surface area contributed by atoms with E-state index in [9.17, 15) is 14.4 Å². The predicted octanol–water partition coefficient (Wildman–Crippen LogP) is 4.28. The van der Waals surface area contributed by atoms with E-state index in [4.69, 9.17) is 9.47 Å². The van der Waals surface area contributed by atoms with Crippen LogP contribution in [-0.2, 0) is 11.3 Å². The summed E-state index contributed by atoms with van der Waals surface area (Å²) < 4.78 is 12.0. The van der Waals surface area contributed by atoms with Crippen LogP contribution in [0.4, 0.5) is 5.69 Å². The van der Waals surface area contributed by atoms with E-state index in [1.54, 1.807) is 48.5 Å². The molecule has 0 atom stereocenters. The van der Waals surface area contributed by atoms with Crippen LogP contribution in [0, 0.1) is 0 Å². The van der Waals surface area contributed by atoms with Gasteiger partial charge >= 0.3 is 5.97 Å². The van der Waals surface area contributed by atoms with Gasteiger partial charge in [0.15, 0.2) is 0 Å². The van der Waals surface area contributed by atoms with Gasteiger partial charge < -0.3 is 14.8 Å². The molecule has 1 amide bonds. The lowest BCUT2D eigenvalue weighted by atomic mass is 10.1. The Balaban J connectivity index is 1.36. The summed E-state index contributed by atoms with van der Waals surface area (Å²) in [5.41, 5.74) is 1.35. The van der Waals surface area contributed by atoms with E-state index in [1.165, 1.54) is 21.9 Å². The minimum atomic E-state index is -0.566. The monoisotopic (exact) mass is 492 g/mol. The Kier molecular flexibility index (Phi) is 7.21. The van der Waals surface area contributed by atoms with Crippen molar-refractivity contribution in [1.29, 1.82) is 0 Å². The summed E-state index contributed by atoms with van der Waals surface area (Å²) in [6.07, 6.45) is 0. The highest BCUT2D eigenvalue weighted by Crippen LogP contribution is 2.20. The number of rotatable bonds is 8. The number of aromatic nitrogens is 3. The fourth-order valence-electron chi connectivity index (χ4n) is 3.16. The Bertz CT molecular complexity index is 1410. The van der Waals surface area contributed by atoms with Gasteiger partial charge in [-0.2, -0.15) is 9.61 Å². The maximum atomic E-state index is 12.5. The first-order valence-electron chi connectivity index (χ1n) is 11.0. The fraction of sp³-hybridized carbons (Fsp3) is 0.240. The first-order chi connectivity index (χ1) is 16.8. The van der Waals surface area contributed by atoms with E-state index < -0.39 is 5.97 Å². The van der Waals surface area contributed by atoms with Gasteiger partial charge in [0, 0.05) is 23.2 Å². The standard InChI is InChI=1S/C25H24N4O5S/c1-4-33-20-11-7-16(8-12-20)22(31)26-18-9-5-17(6-10-18)24(32)34-14-19-13-21(30)29-25(27-19)35-23(28-29)15(2)3/h5-13,15H,4,14H2,1-3H3,(H,26,31). The van der Waals surface area contributed by atoms with Gasteiger partial charge in [-0.15, -0.1) is 0 Å². The third-order valence-electron chi connectivity index (χ3n) is 4.96. The number of carbonyl (C=O) groups excluding carboxylic acids is 2. The normalized spacial score (nSPS) is 11.0. The maximum Gasteiger partial charge on any atom is 0.338 e. The Morgan fingerprint density at radius 2 is 1.74 bits per heavy atom. The highest BCUT2D eigenvalue weighted by molar-refractivity contribution is 7.16. The SMILES string of the molecule is CCOc1ccc(C(=O)Nc2ccc(C(=O)OCc3cc(=O)n4nc(C(C)C)sc4n3)cc2)cc1. The molecule has 4 aromatic rings. The average molecular weight is 493 g/mol. The molecule has 35 heavy (non-hydrogen) atoms. The molecule has 0 aliphatic rings. The first kappa shape index (κ1) is 24.1. The van der Waals surface area contributed by atoms with Crippen molar-refractivity contribution >= 4 is 33.9 Å². The number of carbonyl (C=O) groups is 2. The van der Waals surface area contributed by atoms with Crippen molar-refractivity contribution in [1.82, 2.24) is 14.6 Å². The largest absolute Gasteiger partial charge is 0.494 e. The minimum absolute atomic E-state index is 0.143. The van der Waals surface area contributed by atoms with Gasteiger partial charge in [0.25, 0.3) is 11.5 Å². The molecule has 0 saturated heterocycles. The summed E-state index contributed by atoms with van der Waals surface area (Å²) in [5.74, 6) is 0.0269. The number of amides is 1. The van der Waals surface area contributed by atoms with Crippen LogP contribution in [0.25, 0.3) is 4.96 Å². The van der Waals surface area contributed by atoms with E-state index in [-0.39, 0.29) is 24.0 Å². The zero-order valence-electron chi connectivity index (χ0n) is 19.5. The molecule has 0 spiro atoms. The Morgan fingerprint density at radius 1 is 1.06 bits per heavy atom. The molecule has 0 aliphatic carbocycles. The van der Waals surface area contributed by atoms with Crippen LogP contribution in [0.5, 0.6) is 5.75 Å². The van der Waals surface area contributed by atoms with Crippen LogP contribution >= 0.6 is 11.3 Å². The summed E-state index contributed by atoms with van der Waals surface area (Å²) in [5, 5.41) is 7.86. The molecule has 0 unspecified atom stereocenters. The number of ether oxygens (including phenoxy) is 2. The van der Waals surface area contributed by atoms with Crippen molar-refractivity contribution in [2.75, 3.05) is 11.9 Å². The molecule has 0 saturated carbocycles. The molecular formula is C25H24N4O5S. The topological polar surface area (TPSA) is 112 Å². The van der Waals surface area contributed by atoms with E-state index in [0.717, 1.165) is 5.01 Å². The van der Waals surface area contributed by atoms with Gasteiger partial charge in [0.1, 0.15) is 17.4 Å². The molecule has 0 aliphatic heterocycles. The van der Waals surface area contributed by atoms with Crippen molar-refractivity contribution in [3.63, 3.8) is 0 Å². The Hall–Kier alpha value is -4.05. The number of esters is 1. The Labute approximate surface area is 205 Å². The zero-order valence-corrected chi connectivity index (χ0v) is 20.3. The molecular weight excluding hydrogens is 468 g/mol. The number of fused-ring (bicyclic) bond motifs is 1. The van der Waals surface area contributed by atoms with Crippen molar-refractivity contribution in [3.05, 3.63) is 86.8 Å². The van der Waals surface area contributed by atoms with Gasteiger partial charge in [-0.1, -0.05) is 25.2 Å². The maximum absolute atomic E-state index is 12.5. The third-order valence-corrected chi connectivity index (χ3v) is 6.17. The van der Waals surface area contributed by atoms with Crippen LogP contribution in [-0.4, -0.2) is 33.1 Å². The first-order valence-corrected chi connectivity index (χ1v) is 11.9. The molecule has 0 bridgehead atoms. The van der Waals surface area contributed by atoms with E-state index in [2.05, 4.69) is 15.4 Å². The highest BCUT2D eigenvalue weighted by Gasteiger charge is 2.14. The quantitative estimate of drug-likeness (QED) is 0.365. The van der Waals surface area contributed by atoms with E-state index >= 15 is 0 Å². The van der Waals surface area contributed by atoms with Crippen molar-refractivity contribution in [2.45, 2.75) is 33.3 Å². The van der Waals surface area contributed by atoms with Gasteiger partial charge in [-0.3, -0.25) is 9.59 Å². The summed E-state index contributed by atoms with van der Waals surface area (Å²) in [6, 6.07) is 14.5. The van der Waals surface area contributed by atoms with Gasteiger partial charge in [-0.25, -0.2) is 9.78 Å². The lowest BCUT2D eigenvalue weighted by molar-refractivity contribution is 0.0467. The van der Waals surface area contributed by atoms with Gasteiger partial charge in [-0.05, 0) is 55.5 Å². The molecule has 0 radical (unpaired) electrons. The Morgan fingerprint density at radius 3 is 2.40 bits per heavy atom. The summed E-state index contributed by atoms with van der Waals surface area (Å²) in [7, 11) is 0. The molecule has 180 valence electrons. The molecule has 2 aromatic carbocycles. The van der Waals surface area contributed by atoms with Gasteiger partial charge in [0.2, 0.25) is 4.96 Å². The van der Waals surface area contributed by atoms with E-state index in [1.807, 2.05) is 20.8 Å². The lowest BCUT2D eigenvalue weighted by Crippen LogP contribution is -2.17. The molecule has 10 heteroatoms. The molecule has 2 aromatic heterocycles. The minimum Gasteiger partial charge on any atom is -0.494 e. The van der Waals surface area contributed by atoms with Crippen LogP contribution in [0.3, 0.4) is 0 Å². The van der Waals surface area contributed by atoms with Crippen LogP contribution in [0.2, 0.25) is 0 Å². The number of nitrogens with zero attached hydrogens (tertiary/aromatic N) is 3. The third kappa shape index (κ3) is 5.72.